The lowest BCUT2D eigenvalue weighted by molar-refractivity contribution is 0.544. The molecular weight excluding hydrogens is 336 g/mol. The molecule has 1 atom stereocenters. The summed E-state index contributed by atoms with van der Waals surface area (Å²) < 4.78 is 3.10. The fourth-order valence-corrected chi connectivity index (χ4v) is 3.43. The molecule has 0 spiro atoms. The van der Waals surface area contributed by atoms with Crippen molar-refractivity contribution in [2.24, 2.45) is 5.84 Å². The molecule has 3 rings (SSSR count). The number of hydrogen-bond donors (Lipinski definition) is 2. The van der Waals surface area contributed by atoms with E-state index in [1.54, 1.807) is 11.3 Å². The number of fused-ring (bicyclic) bond motifs is 1. The maximum atomic E-state index is 5.74. The summed E-state index contributed by atoms with van der Waals surface area (Å²) in [6.07, 6.45) is 4.84. The predicted molar refractivity (Wildman–Crippen MR) is 85.7 cm³/mol. The number of nitrogens with one attached hydrogen (secondary N) is 1. The van der Waals surface area contributed by atoms with Crippen LogP contribution >= 0.6 is 27.3 Å². The average molecular weight is 351 g/mol. The molecule has 0 saturated carbocycles. The lowest BCUT2D eigenvalue weighted by Crippen LogP contribution is -2.30. The lowest BCUT2D eigenvalue weighted by atomic mass is 9.98. The second-order valence-electron chi connectivity index (χ2n) is 4.75. The minimum absolute atomic E-state index is 0.0529. The van der Waals surface area contributed by atoms with Gasteiger partial charge in [0.25, 0.3) is 0 Å². The molecule has 0 amide bonds. The van der Waals surface area contributed by atoms with Crippen LogP contribution in [-0.4, -0.2) is 9.38 Å². The van der Waals surface area contributed by atoms with E-state index >= 15 is 0 Å². The molecular formula is C14H15BrN4S. The molecule has 0 aliphatic rings. The molecule has 4 nitrogen and oxygen atoms in total. The summed E-state index contributed by atoms with van der Waals surface area (Å²) >= 11 is 5.15. The van der Waals surface area contributed by atoms with Gasteiger partial charge in [0.1, 0.15) is 0 Å². The van der Waals surface area contributed by atoms with E-state index in [0.29, 0.717) is 0 Å². The smallest absolute Gasteiger partial charge is 0.193 e. The number of benzene rings is 1. The summed E-state index contributed by atoms with van der Waals surface area (Å²) in [5, 5.41) is 2.03. The molecule has 0 radical (unpaired) electrons. The summed E-state index contributed by atoms with van der Waals surface area (Å²) in [6, 6.07) is 6.30. The van der Waals surface area contributed by atoms with Crippen LogP contribution in [0.15, 0.2) is 40.4 Å². The maximum Gasteiger partial charge on any atom is 0.193 e. The SMILES string of the molecule is Cc1ccc(Br)cc1C(Cc1cn2ccsc2n1)NN. The summed E-state index contributed by atoms with van der Waals surface area (Å²) in [5.74, 6) is 5.74. The molecule has 3 aromatic rings. The number of rotatable bonds is 4. The van der Waals surface area contributed by atoms with E-state index in [1.807, 2.05) is 22.0 Å². The predicted octanol–water partition coefficient (Wildman–Crippen LogP) is 3.21. The van der Waals surface area contributed by atoms with Crippen LogP contribution in [0.5, 0.6) is 0 Å². The van der Waals surface area contributed by atoms with Crippen LogP contribution in [-0.2, 0) is 6.42 Å². The Bertz CT molecular complexity index is 705. The lowest BCUT2D eigenvalue weighted by Gasteiger charge is -2.18. The third kappa shape index (κ3) is 2.64. The second-order valence-corrected chi connectivity index (χ2v) is 6.54. The van der Waals surface area contributed by atoms with E-state index in [0.717, 1.165) is 21.5 Å². The van der Waals surface area contributed by atoms with E-state index in [2.05, 4.69) is 51.6 Å². The molecule has 0 aliphatic carbocycles. The minimum atomic E-state index is 0.0529. The van der Waals surface area contributed by atoms with Gasteiger partial charge in [0.05, 0.1) is 11.7 Å². The first kappa shape index (κ1) is 13.8. The van der Waals surface area contributed by atoms with Crippen LogP contribution in [0.4, 0.5) is 0 Å². The van der Waals surface area contributed by atoms with Crippen molar-refractivity contribution >= 4 is 32.2 Å². The van der Waals surface area contributed by atoms with Crippen molar-refractivity contribution < 1.29 is 0 Å². The van der Waals surface area contributed by atoms with Crippen LogP contribution in [0.25, 0.3) is 4.96 Å². The normalized spacial score (nSPS) is 12.9. The van der Waals surface area contributed by atoms with Crippen molar-refractivity contribution in [2.45, 2.75) is 19.4 Å². The minimum Gasteiger partial charge on any atom is -0.297 e. The fraction of sp³-hybridized carbons (Fsp3) is 0.214. The Labute approximate surface area is 129 Å². The van der Waals surface area contributed by atoms with Crippen molar-refractivity contribution in [1.82, 2.24) is 14.8 Å². The fourth-order valence-electron chi connectivity index (χ4n) is 2.33. The van der Waals surface area contributed by atoms with E-state index in [1.165, 1.54) is 11.1 Å². The van der Waals surface area contributed by atoms with Crippen molar-refractivity contribution in [3.8, 4) is 0 Å². The molecule has 20 heavy (non-hydrogen) atoms. The quantitative estimate of drug-likeness (QED) is 0.561. The highest BCUT2D eigenvalue weighted by Gasteiger charge is 2.15. The van der Waals surface area contributed by atoms with E-state index < -0.39 is 0 Å². The Balaban J connectivity index is 1.89. The molecule has 0 saturated heterocycles. The van der Waals surface area contributed by atoms with Crippen LogP contribution in [0.1, 0.15) is 22.9 Å². The van der Waals surface area contributed by atoms with Gasteiger partial charge >= 0.3 is 0 Å². The van der Waals surface area contributed by atoms with Gasteiger partial charge in [-0.3, -0.25) is 15.7 Å². The highest BCUT2D eigenvalue weighted by atomic mass is 79.9. The first-order chi connectivity index (χ1) is 9.67. The van der Waals surface area contributed by atoms with E-state index in [9.17, 15) is 0 Å². The first-order valence-corrected chi connectivity index (χ1v) is 7.98. The third-order valence-corrected chi connectivity index (χ3v) is 4.64. The van der Waals surface area contributed by atoms with Crippen LogP contribution in [0.2, 0.25) is 0 Å². The average Bonchev–Trinajstić information content (AvgIpc) is 3.00. The van der Waals surface area contributed by atoms with Gasteiger partial charge in [-0.2, -0.15) is 0 Å². The summed E-state index contributed by atoms with van der Waals surface area (Å²) in [5.41, 5.74) is 6.36. The summed E-state index contributed by atoms with van der Waals surface area (Å²) in [7, 11) is 0. The molecule has 2 heterocycles. The summed E-state index contributed by atoms with van der Waals surface area (Å²) in [6.45, 7) is 2.10. The number of aromatic nitrogens is 2. The van der Waals surface area contributed by atoms with Gasteiger partial charge in [0, 0.05) is 28.7 Å². The number of imidazole rings is 1. The van der Waals surface area contributed by atoms with Crippen LogP contribution in [0, 0.1) is 6.92 Å². The molecule has 3 N–H and O–H groups in total. The van der Waals surface area contributed by atoms with Gasteiger partial charge in [0.15, 0.2) is 4.96 Å². The van der Waals surface area contributed by atoms with E-state index in [-0.39, 0.29) is 6.04 Å². The van der Waals surface area contributed by atoms with Crippen LogP contribution < -0.4 is 11.3 Å². The van der Waals surface area contributed by atoms with Gasteiger partial charge in [-0.15, -0.1) is 11.3 Å². The number of hydrazine groups is 1. The van der Waals surface area contributed by atoms with Gasteiger partial charge in [-0.25, -0.2) is 4.98 Å². The number of thiazole rings is 1. The molecule has 6 heteroatoms. The zero-order chi connectivity index (χ0) is 14.1. The van der Waals surface area contributed by atoms with Crippen molar-refractivity contribution in [1.29, 1.82) is 0 Å². The molecule has 0 aliphatic heterocycles. The molecule has 0 bridgehead atoms. The van der Waals surface area contributed by atoms with Gasteiger partial charge in [-0.1, -0.05) is 22.0 Å². The number of nitrogens with zero attached hydrogens (tertiary/aromatic N) is 2. The molecule has 2 aromatic heterocycles. The number of halogens is 1. The van der Waals surface area contributed by atoms with Crippen molar-refractivity contribution in [3.05, 3.63) is 57.3 Å². The Kier molecular flexibility index (Phi) is 3.89. The van der Waals surface area contributed by atoms with Gasteiger partial charge in [0.2, 0.25) is 0 Å². The number of aryl methyl sites for hydroxylation is 1. The van der Waals surface area contributed by atoms with Crippen molar-refractivity contribution in [3.63, 3.8) is 0 Å². The topological polar surface area (TPSA) is 55.3 Å². The number of nitrogens with two attached hydrogens (primary N) is 1. The van der Waals surface area contributed by atoms with Gasteiger partial charge in [-0.05, 0) is 30.2 Å². The Hall–Kier alpha value is -1.21. The Morgan fingerprint density at radius 3 is 3.10 bits per heavy atom. The first-order valence-electron chi connectivity index (χ1n) is 6.30. The number of hydrogen-bond acceptors (Lipinski definition) is 4. The third-order valence-electron chi connectivity index (χ3n) is 3.37. The second kappa shape index (κ2) is 5.65. The zero-order valence-corrected chi connectivity index (χ0v) is 13.4. The van der Waals surface area contributed by atoms with E-state index in [4.69, 9.17) is 5.84 Å². The molecule has 0 fully saturated rings. The van der Waals surface area contributed by atoms with Crippen LogP contribution in [0.3, 0.4) is 0 Å². The highest BCUT2D eigenvalue weighted by molar-refractivity contribution is 9.10. The van der Waals surface area contributed by atoms with Gasteiger partial charge < -0.3 is 0 Å². The Morgan fingerprint density at radius 1 is 1.50 bits per heavy atom. The monoisotopic (exact) mass is 350 g/mol. The molecule has 104 valence electrons. The zero-order valence-electron chi connectivity index (χ0n) is 11.0. The highest BCUT2D eigenvalue weighted by Crippen LogP contribution is 2.25. The summed E-state index contributed by atoms with van der Waals surface area (Å²) in [4.78, 5) is 5.63. The molecule has 1 unspecified atom stereocenters. The maximum absolute atomic E-state index is 5.74. The standard InChI is InChI=1S/C14H15BrN4S/c1-9-2-3-10(15)6-12(9)13(18-16)7-11-8-19-4-5-20-14(19)17-11/h2-6,8,13,18H,7,16H2,1H3. The molecule has 1 aromatic carbocycles. The Morgan fingerprint density at radius 2 is 2.35 bits per heavy atom. The largest absolute Gasteiger partial charge is 0.297 e. The van der Waals surface area contributed by atoms with Crippen molar-refractivity contribution in [2.75, 3.05) is 0 Å².